The number of hydrogen-bond donors (Lipinski definition) is 1. The van der Waals surface area contributed by atoms with Gasteiger partial charge >= 0.3 is 12.1 Å². The quantitative estimate of drug-likeness (QED) is 0.729. The van der Waals surface area contributed by atoms with Crippen molar-refractivity contribution >= 4 is 16.2 Å². The molecule has 9 nitrogen and oxygen atoms in total. The lowest BCUT2D eigenvalue weighted by atomic mass is 9.98. The zero-order chi connectivity index (χ0) is 21.7. The summed E-state index contributed by atoms with van der Waals surface area (Å²) in [5, 5.41) is 11.5. The molecule has 1 atom stereocenters. The van der Waals surface area contributed by atoms with Crippen LogP contribution < -0.4 is 0 Å². The Labute approximate surface area is 161 Å². The van der Waals surface area contributed by atoms with Gasteiger partial charge in [0.05, 0.1) is 12.8 Å². The first-order valence-corrected chi connectivity index (χ1v) is 9.85. The highest BCUT2D eigenvalue weighted by molar-refractivity contribution is 7.86. The van der Waals surface area contributed by atoms with Crippen LogP contribution in [0.3, 0.4) is 0 Å². The van der Waals surface area contributed by atoms with Crippen molar-refractivity contribution in [3.63, 3.8) is 0 Å². The number of hydrogen-bond acceptors (Lipinski definition) is 5. The van der Waals surface area contributed by atoms with Gasteiger partial charge in [-0.05, 0) is 13.8 Å². The molecule has 1 aromatic rings. The van der Waals surface area contributed by atoms with Crippen LogP contribution in [0.5, 0.6) is 0 Å². The molecule has 2 heterocycles. The van der Waals surface area contributed by atoms with Gasteiger partial charge in [-0.1, -0.05) is 0 Å². The number of aryl methyl sites for hydroxylation is 1. The smallest absolute Gasteiger partial charge is 0.475 e. The number of fused-ring (bicyclic) bond motifs is 1. The van der Waals surface area contributed by atoms with Crippen molar-refractivity contribution in [2.45, 2.75) is 39.0 Å². The molecule has 1 aliphatic rings. The van der Waals surface area contributed by atoms with Gasteiger partial charge in [0.15, 0.2) is 0 Å². The van der Waals surface area contributed by atoms with Gasteiger partial charge in [-0.3, -0.25) is 4.68 Å². The maximum atomic E-state index is 12.4. The van der Waals surface area contributed by atoms with Crippen molar-refractivity contribution in [1.29, 1.82) is 0 Å². The second-order valence-corrected chi connectivity index (χ2v) is 8.26. The van der Waals surface area contributed by atoms with E-state index in [0.29, 0.717) is 26.3 Å². The van der Waals surface area contributed by atoms with Gasteiger partial charge in [0.25, 0.3) is 10.2 Å². The molecule has 0 fully saturated rings. The number of ether oxygens (including phenoxy) is 1. The molecule has 2 rings (SSSR count). The largest absolute Gasteiger partial charge is 0.490 e. The monoisotopic (exact) mass is 430 g/mol. The molecule has 28 heavy (non-hydrogen) atoms. The minimum absolute atomic E-state index is 0.0193. The molecule has 1 unspecified atom stereocenters. The Morgan fingerprint density at radius 3 is 2.39 bits per heavy atom. The molecule has 0 aliphatic carbocycles. The van der Waals surface area contributed by atoms with Gasteiger partial charge < -0.3 is 9.84 Å². The highest BCUT2D eigenvalue weighted by Gasteiger charge is 2.38. The summed E-state index contributed by atoms with van der Waals surface area (Å²) < 4.78 is 66.7. The number of carboxylic acids is 1. The molecule has 162 valence electrons. The van der Waals surface area contributed by atoms with Crippen LogP contribution in [0.1, 0.15) is 31.0 Å². The van der Waals surface area contributed by atoms with E-state index in [4.69, 9.17) is 14.6 Å². The van der Waals surface area contributed by atoms with E-state index in [1.165, 1.54) is 8.61 Å². The molecule has 0 aromatic carbocycles. The van der Waals surface area contributed by atoms with Gasteiger partial charge in [0.2, 0.25) is 0 Å². The lowest BCUT2D eigenvalue weighted by Gasteiger charge is -2.33. The average Bonchev–Trinajstić information content (AvgIpc) is 3.02. The first-order chi connectivity index (χ1) is 12.9. The fraction of sp³-hybridized carbons (Fsp3) is 0.733. The third-order valence-corrected chi connectivity index (χ3v) is 5.82. The number of halogens is 3. The van der Waals surface area contributed by atoms with Crippen molar-refractivity contribution in [1.82, 2.24) is 18.4 Å². The Balaban J connectivity index is 0.000000480. The summed E-state index contributed by atoms with van der Waals surface area (Å²) in [7, 11) is -0.317. The lowest BCUT2D eigenvalue weighted by molar-refractivity contribution is -0.192. The summed E-state index contributed by atoms with van der Waals surface area (Å²) in [5.41, 5.74) is 2.08. The van der Waals surface area contributed by atoms with Crippen LogP contribution in [0.25, 0.3) is 0 Å². The van der Waals surface area contributed by atoms with Crippen LogP contribution in [0.4, 0.5) is 13.2 Å². The summed E-state index contributed by atoms with van der Waals surface area (Å²) in [6.07, 6.45) is -3.31. The Morgan fingerprint density at radius 1 is 1.39 bits per heavy atom. The second kappa shape index (κ2) is 9.67. The first kappa shape index (κ1) is 24.3. The van der Waals surface area contributed by atoms with E-state index in [1.807, 2.05) is 18.5 Å². The fourth-order valence-electron chi connectivity index (χ4n) is 2.67. The molecule has 0 saturated carbocycles. The number of aliphatic carboxylic acids is 1. The minimum atomic E-state index is -5.08. The SMILES string of the molecule is CCOCC1CN(S(=O)(=O)N(C)C)Cc2cnn(CC)c21.O=C(O)C(F)(F)F. The van der Waals surface area contributed by atoms with Crippen molar-refractivity contribution in [2.75, 3.05) is 33.9 Å². The molecular weight excluding hydrogens is 405 g/mol. The topological polar surface area (TPSA) is 105 Å². The molecule has 1 aromatic heterocycles. The van der Waals surface area contributed by atoms with Gasteiger partial charge in [0.1, 0.15) is 0 Å². The molecule has 0 amide bonds. The summed E-state index contributed by atoms with van der Waals surface area (Å²) in [4.78, 5) is 8.90. The zero-order valence-corrected chi connectivity index (χ0v) is 16.9. The van der Waals surface area contributed by atoms with E-state index in [9.17, 15) is 21.6 Å². The highest BCUT2D eigenvalue weighted by Crippen LogP contribution is 2.30. The summed E-state index contributed by atoms with van der Waals surface area (Å²) in [5.74, 6) is -2.74. The molecule has 0 bridgehead atoms. The van der Waals surface area contributed by atoms with Crippen LogP contribution in [0.2, 0.25) is 0 Å². The van der Waals surface area contributed by atoms with Crippen LogP contribution in [0, 0.1) is 0 Å². The molecule has 1 N–H and O–H groups in total. The van der Waals surface area contributed by atoms with Gasteiger partial charge in [-0.25, -0.2) is 4.79 Å². The van der Waals surface area contributed by atoms with Gasteiger partial charge in [-0.15, -0.1) is 0 Å². The third-order valence-electron chi connectivity index (χ3n) is 3.97. The maximum Gasteiger partial charge on any atom is 0.490 e. The predicted octanol–water partition coefficient (Wildman–Crippen LogP) is 1.28. The summed E-state index contributed by atoms with van der Waals surface area (Å²) >= 11 is 0. The van der Waals surface area contributed by atoms with Crippen LogP contribution >= 0.6 is 0 Å². The van der Waals surface area contributed by atoms with E-state index in [2.05, 4.69) is 5.10 Å². The van der Waals surface area contributed by atoms with E-state index in [1.54, 1.807) is 20.3 Å². The third kappa shape index (κ3) is 5.90. The van der Waals surface area contributed by atoms with Gasteiger partial charge in [0, 0.05) is 57.5 Å². The zero-order valence-electron chi connectivity index (χ0n) is 16.1. The standard InChI is InChI=1S/C13H24N4O3S.C2HF3O2/c1-5-17-13-11(7-14-17)8-16(21(18,19)15(3)4)9-12(13)10-20-6-2;3-2(4,5)1(6)7/h7,12H,5-6,8-10H2,1-4H3;(H,6,7). The summed E-state index contributed by atoms with van der Waals surface area (Å²) in [6.45, 7) is 6.68. The van der Waals surface area contributed by atoms with E-state index < -0.39 is 22.4 Å². The predicted molar refractivity (Wildman–Crippen MR) is 93.8 cm³/mol. The summed E-state index contributed by atoms with van der Waals surface area (Å²) in [6, 6.07) is 0. The van der Waals surface area contributed by atoms with Crippen molar-refractivity contribution in [3.05, 3.63) is 17.5 Å². The number of carboxylic acid groups (broad SMARTS) is 1. The fourth-order valence-corrected chi connectivity index (χ4v) is 3.80. The second-order valence-electron chi connectivity index (χ2n) is 6.11. The van der Waals surface area contributed by atoms with E-state index in [0.717, 1.165) is 17.8 Å². The molecular formula is C15H25F3N4O5S. The molecule has 1 aliphatic heterocycles. The van der Waals surface area contributed by atoms with Crippen molar-refractivity contribution in [3.8, 4) is 0 Å². The van der Waals surface area contributed by atoms with Crippen molar-refractivity contribution in [2.24, 2.45) is 0 Å². The Hall–Kier alpha value is -1.70. The molecule has 0 spiro atoms. The number of carbonyl (C=O) groups is 1. The van der Waals surface area contributed by atoms with Crippen LogP contribution in [0.15, 0.2) is 6.20 Å². The number of nitrogens with zero attached hydrogens (tertiary/aromatic N) is 4. The lowest BCUT2D eigenvalue weighted by Crippen LogP contribution is -2.45. The van der Waals surface area contributed by atoms with Crippen molar-refractivity contribution < 1.29 is 36.2 Å². The molecule has 0 saturated heterocycles. The Morgan fingerprint density at radius 2 is 1.96 bits per heavy atom. The number of rotatable bonds is 6. The number of aromatic nitrogens is 2. The van der Waals surface area contributed by atoms with E-state index in [-0.39, 0.29) is 5.92 Å². The van der Waals surface area contributed by atoms with Crippen LogP contribution in [-0.4, -0.2) is 77.9 Å². The Bertz CT molecular complexity index is 764. The maximum absolute atomic E-state index is 12.4. The average molecular weight is 430 g/mol. The highest BCUT2D eigenvalue weighted by atomic mass is 32.2. The minimum Gasteiger partial charge on any atom is -0.475 e. The number of alkyl halides is 3. The van der Waals surface area contributed by atoms with E-state index >= 15 is 0 Å². The van der Waals surface area contributed by atoms with Gasteiger partial charge in [-0.2, -0.15) is 35.3 Å². The normalized spacial score (nSPS) is 17.8. The van der Waals surface area contributed by atoms with Crippen LogP contribution in [-0.2, 0) is 32.8 Å². The first-order valence-electron chi connectivity index (χ1n) is 8.46. The Kier molecular flexibility index (Phi) is 8.41. The molecule has 13 heteroatoms. The molecule has 0 radical (unpaired) electrons.